The van der Waals surface area contributed by atoms with Crippen LogP contribution < -0.4 is 15.1 Å². The van der Waals surface area contributed by atoms with Gasteiger partial charge in [-0.1, -0.05) is 0 Å². The van der Waals surface area contributed by atoms with Crippen molar-refractivity contribution in [2.75, 3.05) is 28.2 Å². The van der Waals surface area contributed by atoms with E-state index in [9.17, 15) is 4.79 Å². The SMILES string of the molecule is Cc1ccncc1-c1ccc2c(n1)N(C(=O)Nc1cccnn1)[C@H]1CCCN2C1. The summed E-state index contributed by atoms with van der Waals surface area (Å²) in [5, 5.41) is 10.7. The highest BCUT2D eigenvalue weighted by molar-refractivity contribution is 6.04. The molecule has 0 radical (unpaired) electrons. The van der Waals surface area contributed by atoms with Gasteiger partial charge in [-0.25, -0.2) is 9.78 Å². The second kappa shape index (κ2) is 7.12. The molecule has 5 rings (SSSR count). The number of amides is 2. The fourth-order valence-corrected chi connectivity index (χ4v) is 4.10. The second-order valence-corrected chi connectivity index (χ2v) is 7.38. The quantitative estimate of drug-likeness (QED) is 0.726. The van der Waals surface area contributed by atoms with Crippen molar-refractivity contribution in [3.05, 3.63) is 54.5 Å². The monoisotopic (exact) mass is 387 g/mol. The van der Waals surface area contributed by atoms with E-state index in [1.165, 1.54) is 0 Å². The molecule has 8 nitrogen and oxygen atoms in total. The van der Waals surface area contributed by atoms with Crippen LogP contribution in [0.1, 0.15) is 18.4 Å². The summed E-state index contributed by atoms with van der Waals surface area (Å²) in [5.74, 6) is 1.11. The molecular weight excluding hydrogens is 366 g/mol. The van der Waals surface area contributed by atoms with Gasteiger partial charge in [0.1, 0.15) is 0 Å². The largest absolute Gasteiger partial charge is 0.366 e. The molecular formula is C21H21N7O. The van der Waals surface area contributed by atoms with Crippen LogP contribution in [0.3, 0.4) is 0 Å². The van der Waals surface area contributed by atoms with Gasteiger partial charge < -0.3 is 4.90 Å². The van der Waals surface area contributed by atoms with Crippen LogP contribution in [0.25, 0.3) is 11.3 Å². The Kier molecular flexibility index (Phi) is 4.31. The maximum atomic E-state index is 13.2. The topological polar surface area (TPSA) is 87.1 Å². The van der Waals surface area contributed by atoms with Crippen LogP contribution in [-0.2, 0) is 0 Å². The molecule has 1 saturated heterocycles. The van der Waals surface area contributed by atoms with Gasteiger partial charge in [0.15, 0.2) is 11.6 Å². The molecule has 0 spiro atoms. The Morgan fingerprint density at radius 3 is 2.97 bits per heavy atom. The van der Waals surface area contributed by atoms with E-state index in [0.29, 0.717) is 11.6 Å². The van der Waals surface area contributed by atoms with E-state index in [1.54, 1.807) is 29.4 Å². The van der Waals surface area contributed by atoms with E-state index in [1.807, 2.05) is 25.3 Å². The predicted molar refractivity (Wildman–Crippen MR) is 111 cm³/mol. The first kappa shape index (κ1) is 17.5. The second-order valence-electron chi connectivity index (χ2n) is 7.38. The van der Waals surface area contributed by atoms with E-state index in [4.69, 9.17) is 4.98 Å². The fourth-order valence-electron chi connectivity index (χ4n) is 4.10. The summed E-state index contributed by atoms with van der Waals surface area (Å²) < 4.78 is 0. The summed E-state index contributed by atoms with van der Waals surface area (Å²) in [6.45, 7) is 3.83. The third-order valence-electron chi connectivity index (χ3n) is 5.53. The summed E-state index contributed by atoms with van der Waals surface area (Å²) in [6.07, 6.45) is 7.16. The number of aromatic nitrogens is 4. The molecule has 146 valence electrons. The molecule has 3 aromatic rings. The van der Waals surface area contributed by atoms with Gasteiger partial charge in [-0.2, -0.15) is 5.10 Å². The minimum absolute atomic E-state index is 0.0747. The van der Waals surface area contributed by atoms with Gasteiger partial charge in [-0.15, -0.1) is 5.10 Å². The highest BCUT2D eigenvalue weighted by atomic mass is 16.2. The number of pyridine rings is 2. The number of piperidine rings is 1. The van der Waals surface area contributed by atoms with Crippen molar-refractivity contribution in [3.63, 3.8) is 0 Å². The van der Waals surface area contributed by atoms with Crippen molar-refractivity contribution >= 4 is 23.4 Å². The molecule has 5 heterocycles. The van der Waals surface area contributed by atoms with Crippen molar-refractivity contribution in [2.45, 2.75) is 25.8 Å². The number of hydrogen-bond acceptors (Lipinski definition) is 6. The van der Waals surface area contributed by atoms with Crippen molar-refractivity contribution in [1.29, 1.82) is 0 Å². The third-order valence-corrected chi connectivity index (χ3v) is 5.53. The molecule has 0 unspecified atom stereocenters. The van der Waals surface area contributed by atoms with Crippen molar-refractivity contribution in [2.24, 2.45) is 0 Å². The van der Waals surface area contributed by atoms with Crippen LogP contribution >= 0.6 is 0 Å². The van der Waals surface area contributed by atoms with E-state index >= 15 is 0 Å². The molecule has 0 aliphatic carbocycles. The summed E-state index contributed by atoms with van der Waals surface area (Å²) in [7, 11) is 0. The van der Waals surface area contributed by atoms with Gasteiger partial charge in [-0.3, -0.25) is 15.2 Å². The summed E-state index contributed by atoms with van der Waals surface area (Å²) in [6, 6.07) is 9.36. The zero-order chi connectivity index (χ0) is 19.8. The number of fused-ring (bicyclic) bond motifs is 4. The van der Waals surface area contributed by atoms with Gasteiger partial charge >= 0.3 is 6.03 Å². The number of rotatable bonds is 2. The normalized spacial score (nSPS) is 17.6. The van der Waals surface area contributed by atoms with Crippen molar-refractivity contribution < 1.29 is 4.79 Å². The minimum Gasteiger partial charge on any atom is -0.366 e. The van der Waals surface area contributed by atoms with Gasteiger partial charge in [0.05, 0.1) is 17.4 Å². The highest BCUT2D eigenvalue weighted by Crippen LogP contribution is 2.39. The van der Waals surface area contributed by atoms with E-state index < -0.39 is 0 Å². The first-order valence-electron chi connectivity index (χ1n) is 9.75. The fraction of sp³-hybridized carbons (Fsp3) is 0.286. The molecule has 2 aliphatic heterocycles. The summed E-state index contributed by atoms with van der Waals surface area (Å²) >= 11 is 0. The number of aryl methyl sites for hydroxylation is 1. The van der Waals surface area contributed by atoms with Crippen LogP contribution in [0.15, 0.2) is 48.9 Å². The standard InChI is InChI=1S/C21H21N7O/c1-14-8-10-22-12-16(14)17-6-7-18-20(24-17)28(15-4-3-11-27(18)13-15)21(29)25-19-5-2-9-23-26-19/h2,5-10,12,15H,3-4,11,13H2,1H3,(H,25,26,29)/t15-/m0/s1. The molecule has 1 fully saturated rings. The van der Waals surface area contributed by atoms with Crippen LogP contribution in [0, 0.1) is 6.92 Å². The number of carbonyl (C=O) groups excluding carboxylic acids is 1. The molecule has 2 amide bonds. The molecule has 0 saturated carbocycles. The lowest BCUT2D eigenvalue weighted by molar-refractivity contribution is 0.252. The third kappa shape index (κ3) is 3.16. The van der Waals surface area contributed by atoms with Gasteiger partial charge in [0, 0.05) is 37.2 Å². The molecule has 0 aromatic carbocycles. The van der Waals surface area contributed by atoms with Gasteiger partial charge in [0.2, 0.25) is 0 Å². The predicted octanol–water partition coefficient (Wildman–Crippen LogP) is 3.26. The lowest BCUT2D eigenvalue weighted by Crippen LogP contribution is -2.56. The number of hydrogen-bond donors (Lipinski definition) is 1. The summed E-state index contributed by atoms with van der Waals surface area (Å²) in [5.41, 5.74) is 3.86. The lowest BCUT2D eigenvalue weighted by Gasteiger charge is -2.45. The molecule has 1 N–H and O–H groups in total. The lowest BCUT2D eigenvalue weighted by atomic mass is 9.99. The first-order valence-corrected chi connectivity index (χ1v) is 9.75. The molecule has 3 aromatic heterocycles. The van der Waals surface area contributed by atoms with Crippen LogP contribution in [0.5, 0.6) is 0 Å². The maximum absolute atomic E-state index is 13.2. The van der Waals surface area contributed by atoms with Crippen LogP contribution in [0.4, 0.5) is 22.1 Å². The van der Waals surface area contributed by atoms with E-state index in [0.717, 1.165) is 48.4 Å². The Bertz CT molecular complexity index is 1060. The molecule has 2 aliphatic rings. The Labute approximate surface area is 168 Å². The smallest absolute Gasteiger partial charge is 0.329 e. The zero-order valence-corrected chi connectivity index (χ0v) is 16.1. The van der Waals surface area contributed by atoms with E-state index in [2.05, 4.69) is 31.5 Å². The molecule has 2 bridgehead atoms. The van der Waals surface area contributed by atoms with Gasteiger partial charge in [0.25, 0.3) is 0 Å². The number of anilines is 3. The van der Waals surface area contributed by atoms with Gasteiger partial charge in [-0.05, 0) is 55.7 Å². The Hall–Kier alpha value is -3.55. The van der Waals surface area contributed by atoms with Crippen LogP contribution in [-0.4, -0.2) is 45.3 Å². The Morgan fingerprint density at radius 1 is 1.21 bits per heavy atom. The Morgan fingerprint density at radius 2 is 2.14 bits per heavy atom. The van der Waals surface area contributed by atoms with Crippen LogP contribution in [0.2, 0.25) is 0 Å². The first-order chi connectivity index (χ1) is 14.2. The molecule has 8 heteroatoms. The van der Waals surface area contributed by atoms with Crippen molar-refractivity contribution in [3.8, 4) is 11.3 Å². The number of nitrogens with zero attached hydrogens (tertiary/aromatic N) is 6. The maximum Gasteiger partial charge on any atom is 0.329 e. The summed E-state index contributed by atoms with van der Waals surface area (Å²) in [4.78, 5) is 26.5. The minimum atomic E-state index is -0.231. The highest BCUT2D eigenvalue weighted by Gasteiger charge is 2.38. The van der Waals surface area contributed by atoms with E-state index in [-0.39, 0.29) is 12.1 Å². The molecule has 1 atom stereocenters. The van der Waals surface area contributed by atoms with Crippen molar-refractivity contribution in [1.82, 2.24) is 20.2 Å². The average molecular weight is 387 g/mol. The number of carbonyl (C=O) groups is 1. The number of urea groups is 1. The zero-order valence-electron chi connectivity index (χ0n) is 16.1. The average Bonchev–Trinajstić information content (AvgIpc) is 2.75. The Balaban J connectivity index is 1.57. The number of nitrogens with one attached hydrogen (secondary N) is 1. The molecule has 29 heavy (non-hydrogen) atoms.